The molecule has 1 aliphatic rings. The van der Waals surface area contributed by atoms with Crippen molar-refractivity contribution in [2.45, 2.75) is 12.8 Å². The van der Waals surface area contributed by atoms with Gasteiger partial charge in [0.2, 0.25) is 5.91 Å². The van der Waals surface area contributed by atoms with Gasteiger partial charge in [0.25, 0.3) is 5.91 Å². The Morgan fingerprint density at radius 3 is 2.59 bits per heavy atom. The van der Waals surface area contributed by atoms with Gasteiger partial charge in [-0.3, -0.25) is 9.59 Å². The van der Waals surface area contributed by atoms with Crippen molar-refractivity contribution < 1.29 is 19.1 Å². The van der Waals surface area contributed by atoms with Crippen LogP contribution in [0, 0.1) is 5.92 Å². The Kier molecular flexibility index (Phi) is 5.25. The van der Waals surface area contributed by atoms with Crippen LogP contribution >= 0.6 is 0 Å². The Hall–Kier alpha value is -2.24. The van der Waals surface area contributed by atoms with Gasteiger partial charge in [-0.2, -0.15) is 0 Å². The first-order valence-electron chi connectivity index (χ1n) is 7.33. The van der Waals surface area contributed by atoms with Crippen molar-refractivity contribution in [2.24, 2.45) is 5.92 Å². The lowest BCUT2D eigenvalue weighted by atomic mass is 9.96. The van der Waals surface area contributed by atoms with E-state index >= 15 is 0 Å². The first-order valence-corrected chi connectivity index (χ1v) is 7.33. The van der Waals surface area contributed by atoms with Crippen LogP contribution in [-0.2, 0) is 4.79 Å². The van der Waals surface area contributed by atoms with Crippen molar-refractivity contribution in [3.8, 4) is 11.5 Å². The molecule has 6 nitrogen and oxygen atoms in total. The third-order valence-corrected chi connectivity index (χ3v) is 3.96. The standard InChI is InChI=1S/C16H22N2O4/c1-17-15(19)12-5-4-8-18(10-12)16(20)11-6-7-13(21-2)14(9-11)22-3/h6-7,9,12H,4-5,8,10H2,1-3H3,(H,17,19). The fourth-order valence-corrected chi connectivity index (χ4v) is 2.73. The molecule has 1 aromatic carbocycles. The van der Waals surface area contributed by atoms with Crippen LogP contribution in [-0.4, -0.2) is 51.1 Å². The van der Waals surface area contributed by atoms with Crippen LogP contribution in [0.1, 0.15) is 23.2 Å². The molecule has 0 aromatic heterocycles. The van der Waals surface area contributed by atoms with Gasteiger partial charge in [-0.05, 0) is 31.0 Å². The number of likely N-dealkylation sites (tertiary alicyclic amines) is 1. The van der Waals surface area contributed by atoms with Crippen molar-refractivity contribution in [1.29, 1.82) is 0 Å². The molecule has 1 N–H and O–H groups in total. The SMILES string of the molecule is CNC(=O)C1CCCN(C(=O)c2ccc(OC)c(OC)c2)C1. The lowest BCUT2D eigenvalue weighted by Gasteiger charge is -2.32. The average molecular weight is 306 g/mol. The Bertz CT molecular complexity index is 559. The molecule has 0 bridgehead atoms. The predicted octanol–water partition coefficient (Wildman–Crippen LogP) is 1.30. The molecule has 1 atom stereocenters. The Morgan fingerprint density at radius 1 is 1.23 bits per heavy atom. The molecule has 2 rings (SSSR count). The van der Waals surface area contributed by atoms with E-state index in [1.165, 1.54) is 7.11 Å². The van der Waals surface area contributed by atoms with Crippen LogP contribution < -0.4 is 14.8 Å². The first kappa shape index (κ1) is 16.1. The van der Waals surface area contributed by atoms with Crippen LogP contribution in [0.5, 0.6) is 11.5 Å². The van der Waals surface area contributed by atoms with E-state index in [2.05, 4.69) is 5.32 Å². The topological polar surface area (TPSA) is 67.9 Å². The third kappa shape index (κ3) is 3.32. The van der Waals surface area contributed by atoms with Crippen LogP contribution in [0.25, 0.3) is 0 Å². The van der Waals surface area contributed by atoms with E-state index in [9.17, 15) is 9.59 Å². The van der Waals surface area contributed by atoms with E-state index in [4.69, 9.17) is 9.47 Å². The maximum Gasteiger partial charge on any atom is 0.254 e. The summed E-state index contributed by atoms with van der Waals surface area (Å²) in [5.41, 5.74) is 0.537. The summed E-state index contributed by atoms with van der Waals surface area (Å²) in [4.78, 5) is 26.1. The second-order valence-corrected chi connectivity index (χ2v) is 5.27. The molecule has 0 saturated carbocycles. The minimum Gasteiger partial charge on any atom is -0.493 e. The summed E-state index contributed by atoms with van der Waals surface area (Å²) in [6.45, 7) is 1.12. The summed E-state index contributed by atoms with van der Waals surface area (Å²) in [5, 5.41) is 2.65. The second-order valence-electron chi connectivity index (χ2n) is 5.27. The van der Waals surface area contributed by atoms with Gasteiger partial charge in [0.05, 0.1) is 20.1 Å². The maximum atomic E-state index is 12.6. The number of methoxy groups -OCH3 is 2. The van der Waals surface area contributed by atoms with Gasteiger partial charge in [-0.15, -0.1) is 0 Å². The fourth-order valence-electron chi connectivity index (χ4n) is 2.73. The van der Waals surface area contributed by atoms with Crippen molar-refractivity contribution in [3.05, 3.63) is 23.8 Å². The number of amides is 2. The first-order chi connectivity index (χ1) is 10.6. The van der Waals surface area contributed by atoms with E-state index in [1.54, 1.807) is 37.3 Å². The molecule has 6 heteroatoms. The lowest BCUT2D eigenvalue weighted by molar-refractivity contribution is -0.125. The summed E-state index contributed by atoms with van der Waals surface area (Å²) < 4.78 is 10.4. The molecule has 22 heavy (non-hydrogen) atoms. The number of carbonyl (C=O) groups excluding carboxylic acids is 2. The summed E-state index contributed by atoms with van der Waals surface area (Å²) in [6.07, 6.45) is 1.65. The molecule has 1 heterocycles. The molecule has 2 amide bonds. The number of rotatable bonds is 4. The fraction of sp³-hybridized carbons (Fsp3) is 0.500. The molecule has 1 fully saturated rings. The van der Waals surface area contributed by atoms with Gasteiger partial charge in [0.1, 0.15) is 0 Å². The summed E-state index contributed by atoms with van der Waals surface area (Å²) in [5.74, 6) is 0.872. The van der Waals surface area contributed by atoms with Crippen molar-refractivity contribution in [1.82, 2.24) is 10.2 Å². The van der Waals surface area contributed by atoms with Gasteiger partial charge in [-0.1, -0.05) is 0 Å². The summed E-state index contributed by atoms with van der Waals surface area (Å²) >= 11 is 0. The number of piperidine rings is 1. The quantitative estimate of drug-likeness (QED) is 0.910. The highest BCUT2D eigenvalue weighted by Gasteiger charge is 2.28. The van der Waals surface area contributed by atoms with Crippen molar-refractivity contribution in [2.75, 3.05) is 34.4 Å². The van der Waals surface area contributed by atoms with E-state index < -0.39 is 0 Å². The minimum absolute atomic E-state index is 0.00943. The van der Waals surface area contributed by atoms with Gasteiger partial charge in [0, 0.05) is 25.7 Å². The van der Waals surface area contributed by atoms with E-state index in [1.807, 2.05) is 0 Å². The molecule has 1 aliphatic heterocycles. The van der Waals surface area contributed by atoms with Crippen LogP contribution in [0.4, 0.5) is 0 Å². The highest BCUT2D eigenvalue weighted by Crippen LogP contribution is 2.28. The average Bonchev–Trinajstić information content (AvgIpc) is 2.59. The van der Waals surface area contributed by atoms with Gasteiger partial charge in [0.15, 0.2) is 11.5 Å². The van der Waals surface area contributed by atoms with Crippen molar-refractivity contribution >= 4 is 11.8 Å². The molecule has 0 spiro atoms. The minimum atomic E-state index is -0.136. The smallest absolute Gasteiger partial charge is 0.254 e. The normalized spacial score (nSPS) is 17.8. The number of carbonyl (C=O) groups is 2. The largest absolute Gasteiger partial charge is 0.493 e. The van der Waals surface area contributed by atoms with Gasteiger partial charge in [-0.25, -0.2) is 0 Å². The number of hydrogen-bond donors (Lipinski definition) is 1. The summed E-state index contributed by atoms with van der Waals surface area (Å²) in [6, 6.07) is 5.10. The Labute approximate surface area is 130 Å². The Balaban J connectivity index is 2.15. The highest BCUT2D eigenvalue weighted by molar-refractivity contribution is 5.95. The molecule has 1 aromatic rings. The molecule has 1 unspecified atom stereocenters. The number of nitrogens with zero attached hydrogens (tertiary/aromatic N) is 1. The number of ether oxygens (including phenoxy) is 2. The molecular formula is C16H22N2O4. The zero-order chi connectivity index (χ0) is 16.1. The maximum absolute atomic E-state index is 12.6. The zero-order valence-electron chi connectivity index (χ0n) is 13.2. The molecule has 0 aliphatic carbocycles. The zero-order valence-corrected chi connectivity index (χ0v) is 13.2. The molecular weight excluding hydrogens is 284 g/mol. The summed E-state index contributed by atoms with van der Waals surface area (Å²) in [7, 11) is 4.71. The van der Waals surface area contributed by atoms with Crippen LogP contribution in [0.2, 0.25) is 0 Å². The molecule has 120 valence electrons. The highest BCUT2D eigenvalue weighted by atomic mass is 16.5. The predicted molar refractivity (Wildman–Crippen MR) is 82.2 cm³/mol. The lowest BCUT2D eigenvalue weighted by Crippen LogP contribution is -2.44. The number of benzene rings is 1. The monoisotopic (exact) mass is 306 g/mol. The Morgan fingerprint density at radius 2 is 1.95 bits per heavy atom. The second kappa shape index (κ2) is 7.15. The van der Waals surface area contributed by atoms with E-state index in [0.717, 1.165) is 12.8 Å². The van der Waals surface area contributed by atoms with E-state index in [0.29, 0.717) is 30.2 Å². The van der Waals surface area contributed by atoms with Crippen LogP contribution in [0.15, 0.2) is 18.2 Å². The molecule has 1 saturated heterocycles. The van der Waals surface area contributed by atoms with Crippen molar-refractivity contribution in [3.63, 3.8) is 0 Å². The van der Waals surface area contributed by atoms with E-state index in [-0.39, 0.29) is 17.7 Å². The third-order valence-electron chi connectivity index (χ3n) is 3.96. The van der Waals surface area contributed by atoms with Crippen LogP contribution in [0.3, 0.4) is 0 Å². The number of hydrogen-bond acceptors (Lipinski definition) is 4. The molecule has 0 radical (unpaired) electrons. The van der Waals surface area contributed by atoms with Gasteiger partial charge >= 0.3 is 0 Å². The number of nitrogens with one attached hydrogen (secondary N) is 1. The van der Waals surface area contributed by atoms with Gasteiger partial charge < -0.3 is 19.7 Å².